The molecule has 1 atom stereocenters. The molecule has 0 radical (unpaired) electrons. The number of ether oxygens (including phenoxy) is 2. The van der Waals surface area contributed by atoms with Crippen LogP contribution in [-0.4, -0.2) is 27.0 Å². The lowest BCUT2D eigenvalue weighted by molar-refractivity contribution is -0.122. The van der Waals surface area contributed by atoms with Gasteiger partial charge < -0.3 is 14.8 Å². The van der Waals surface area contributed by atoms with Gasteiger partial charge in [-0.2, -0.15) is 0 Å². The minimum atomic E-state index is -3.78. The van der Waals surface area contributed by atoms with E-state index in [1.807, 2.05) is 45.0 Å². The lowest BCUT2D eigenvalue weighted by Gasteiger charge is -2.18. The number of carbonyl (C=O) groups excluding carboxylic acids is 1. The zero-order valence-electron chi connectivity index (χ0n) is 18.9. The Bertz CT molecular complexity index is 1180. The van der Waals surface area contributed by atoms with Crippen molar-refractivity contribution in [2.24, 2.45) is 0 Å². The second-order valence-electron chi connectivity index (χ2n) is 7.36. The summed E-state index contributed by atoms with van der Waals surface area (Å²) in [6.45, 7) is 6.19. The van der Waals surface area contributed by atoms with Crippen molar-refractivity contribution in [2.75, 3.05) is 16.6 Å². The fourth-order valence-corrected chi connectivity index (χ4v) is 4.16. The highest BCUT2D eigenvalue weighted by molar-refractivity contribution is 7.92. The first-order valence-electron chi connectivity index (χ1n) is 10.7. The van der Waals surface area contributed by atoms with E-state index in [0.29, 0.717) is 35.9 Å². The maximum absolute atomic E-state index is 12.7. The molecule has 0 unspecified atom stereocenters. The minimum Gasteiger partial charge on any atom is -0.494 e. The van der Waals surface area contributed by atoms with Crippen molar-refractivity contribution >= 4 is 27.3 Å². The number of sulfonamides is 1. The van der Waals surface area contributed by atoms with Crippen molar-refractivity contribution in [1.29, 1.82) is 0 Å². The van der Waals surface area contributed by atoms with Crippen molar-refractivity contribution in [3.8, 4) is 11.5 Å². The number of hydrogen-bond donors (Lipinski definition) is 2. The molecule has 3 rings (SSSR count). The van der Waals surface area contributed by atoms with Gasteiger partial charge in [-0.05, 0) is 80.4 Å². The van der Waals surface area contributed by atoms with E-state index in [1.165, 1.54) is 12.1 Å². The molecule has 0 heterocycles. The first-order valence-corrected chi connectivity index (χ1v) is 12.2. The predicted octanol–water partition coefficient (Wildman–Crippen LogP) is 4.99. The van der Waals surface area contributed by atoms with Crippen LogP contribution in [0.4, 0.5) is 11.4 Å². The summed E-state index contributed by atoms with van der Waals surface area (Å²) in [6.07, 6.45) is -0.186. The molecule has 1 amide bonds. The summed E-state index contributed by atoms with van der Waals surface area (Å²) in [5.41, 5.74) is 1.85. The van der Waals surface area contributed by atoms with Crippen LogP contribution in [0.25, 0.3) is 0 Å². The Kier molecular flexibility index (Phi) is 7.95. The molecule has 7 nitrogen and oxygen atoms in total. The van der Waals surface area contributed by atoms with Crippen LogP contribution in [0, 0.1) is 6.92 Å². The molecular weight excluding hydrogens is 440 g/mol. The van der Waals surface area contributed by atoms with Crippen LogP contribution in [0.15, 0.2) is 77.7 Å². The Labute approximate surface area is 194 Å². The van der Waals surface area contributed by atoms with Gasteiger partial charge in [0.15, 0.2) is 6.10 Å². The van der Waals surface area contributed by atoms with Crippen molar-refractivity contribution in [3.05, 3.63) is 78.4 Å². The van der Waals surface area contributed by atoms with Crippen LogP contribution in [0.3, 0.4) is 0 Å². The highest BCUT2D eigenvalue weighted by atomic mass is 32.2. The minimum absolute atomic E-state index is 0.0811. The average molecular weight is 469 g/mol. The molecule has 0 saturated heterocycles. The van der Waals surface area contributed by atoms with E-state index >= 15 is 0 Å². The summed E-state index contributed by atoms with van der Waals surface area (Å²) in [6, 6.07) is 20.1. The van der Waals surface area contributed by atoms with Crippen molar-refractivity contribution in [3.63, 3.8) is 0 Å². The monoisotopic (exact) mass is 468 g/mol. The van der Waals surface area contributed by atoms with Crippen LogP contribution in [0.5, 0.6) is 11.5 Å². The topological polar surface area (TPSA) is 93.7 Å². The number of para-hydroxylation sites is 1. The average Bonchev–Trinajstić information content (AvgIpc) is 2.80. The Morgan fingerprint density at radius 3 is 2.15 bits per heavy atom. The number of aryl methyl sites for hydroxylation is 1. The maximum Gasteiger partial charge on any atom is 0.265 e. The predicted molar refractivity (Wildman–Crippen MR) is 129 cm³/mol. The van der Waals surface area contributed by atoms with Gasteiger partial charge in [0.05, 0.1) is 11.5 Å². The van der Waals surface area contributed by atoms with Gasteiger partial charge in [-0.3, -0.25) is 9.52 Å². The van der Waals surface area contributed by atoms with Crippen LogP contribution in [-0.2, 0) is 14.8 Å². The highest BCUT2D eigenvalue weighted by Crippen LogP contribution is 2.22. The Balaban J connectivity index is 1.64. The second kappa shape index (κ2) is 10.9. The molecule has 0 saturated carbocycles. The number of amides is 1. The summed E-state index contributed by atoms with van der Waals surface area (Å²) in [4.78, 5) is 12.8. The summed E-state index contributed by atoms with van der Waals surface area (Å²) >= 11 is 0. The standard InChI is InChI=1S/C25H28N2O5S/c1-4-23(32-24-9-7-6-8-18(24)3)25(28)26-19-12-16-22(17-13-19)33(29,30)27-20-10-14-21(15-11-20)31-5-2/h6-17,23,27H,4-5H2,1-3H3,(H,26,28)/t23-/m1/s1. The van der Waals surface area contributed by atoms with Gasteiger partial charge in [0.2, 0.25) is 0 Å². The molecule has 0 aliphatic rings. The van der Waals surface area contributed by atoms with Gasteiger partial charge >= 0.3 is 0 Å². The molecule has 3 aromatic rings. The third-order valence-corrected chi connectivity index (χ3v) is 6.27. The van der Waals surface area contributed by atoms with Crippen LogP contribution in [0.2, 0.25) is 0 Å². The van der Waals surface area contributed by atoms with E-state index in [9.17, 15) is 13.2 Å². The molecule has 0 aliphatic carbocycles. The lowest BCUT2D eigenvalue weighted by atomic mass is 10.2. The van der Waals surface area contributed by atoms with Gasteiger partial charge in [0, 0.05) is 11.4 Å². The molecule has 33 heavy (non-hydrogen) atoms. The van der Waals surface area contributed by atoms with Crippen molar-refractivity contribution in [1.82, 2.24) is 0 Å². The van der Waals surface area contributed by atoms with Crippen LogP contribution in [0.1, 0.15) is 25.8 Å². The number of rotatable bonds is 10. The number of anilines is 2. The van der Waals surface area contributed by atoms with Gasteiger partial charge in [0.25, 0.3) is 15.9 Å². The van der Waals surface area contributed by atoms with Gasteiger partial charge in [-0.15, -0.1) is 0 Å². The van der Waals surface area contributed by atoms with Crippen molar-refractivity contribution < 1.29 is 22.7 Å². The normalized spacial score (nSPS) is 12.0. The molecule has 174 valence electrons. The molecule has 3 aromatic carbocycles. The van der Waals surface area contributed by atoms with E-state index in [1.54, 1.807) is 36.4 Å². The summed E-state index contributed by atoms with van der Waals surface area (Å²) in [5.74, 6) is 1.02. The third kappa shape index (κ3) is 6.49. The summed E-state index contributed by atoms with van der Waals surface area (Å²) in [5, 5.41) is 2.79. The highest BCUT2D eigenvalue weighted by Gasteiger charge is 2.20. The zero-order chi connectivity index (χ0) is 23.8. The molecule has 0 spiro atoms. The summed E-state index contributed by atoms with van der Waals surface area (Å²) in [7, 11) is -3.78. The Morgan fingerprint density at radius 1 is 0.909 bits per heavy atom. The first-order chi connectivity index (χ1) is 15.8. The van der Waals surface area contributed by atoms with Gasteiger partial charge in [-0.1, -0.05) is 25.1 Å². The Hall–Kier alpha value is -3.52. The fourth-order valence-electron chi connectivity index (χ4n) is 3.10. The molecule has 0 fully saturated rings. The van der Waals surface area contributed by atoms with E-state index in [4.69, 9.17) is 9.47 Å². The Morgan fingerprint density at radius 2 is 1.55 bits per heavy atom. The first kappa shape index (κ1) is 24.1. The molecule has 0 aromatic heterocycles. The van der Waals surface area contributed by atoms with E-state index in [0.717, 1.165) is 5.56 Å². The number of carbonyl (C=O) groups is 1. The molecular formula is C25H28N2O5S. The van der Waals surface area contributed by atoms with E-state index in [-0.39, 0.29) is 10.8 Å². The van der Waals surface area contributed by atoms with Crippen LogP contribution >= 0.6 is 0 Å². The second-order valence-corrected chi connectivity index (χ2v) is 9.04. The quantitative estimate of drug-likeness (QED) is 0.437. The summed E-state index contributed by atoms with van der Waals surface area (Å²) < 4.78 is 39.1. The number of nitrogens with one attached hydrogen (secondary N) is 2. The maximum atomic E-state index is 12.7. The number of benzene rings is 3. The largest absolute Gasteiger partial charge is 0.494 e. The van der Waals surface area contributed by atoms with Gasteiger partial charge in [0.1, 0.15) is 11.5 Å². The fraction of sp³-hybridized carbons (Fsp3) is 0.240. The molecule has 2 N–H and O–H groups in total. The van der Waals surface area contributed by atoms with Crippen LogP contribution < -0.4 is 19.5 Å². The number of hydrogen-bond acceptors (Lipinski definition) is 5. The smallest absolute Gasteiger partial charge is 0.265 e. The lowest BCUT2D eigenvalue weighted by Crippen LogP contribution is -2.32. The van der Waals surface area contributed by atoms with E-state index in [2.05, 4.69) is 10.0 Å². The SMILES string of the molecule is CCOc1ccc(NS(=O)(=O)c2ccc(NC(=O)[C@@H](CC)Oc3ccccc3C)cc2)cc1. The van der Waals surface area contributed by atoms with E-state index < -0.39 is 16.1 Å². The zero-order valence-corrected chi connectivity index (χ0v) is 19.7. The molecule has 8 heteroatoms. The van der Waals surface area contributed by atoms with Gasteiger partial charge in [-0.25, -0.2) is 8.42 Å². The molecule has 0 bridgehead atoms. The molecule has 0 aliphatic heterocycles. The third-order valence-electron chi connectivity index (χ3n) is 4.88. The van der Waals surface area contributed by atoms with Crippen molar-refractivity contribution in [2.45, 2.75) is 38.2 Å².